The quantitative estimate of drug-likeness (QED) is 0.419. The van der Waals surface area contributed by atoms with Crippen molar-refractivity contribution in [2.24, 2.45) is 12.0 Å². The number of H-pyrrole nitrogens is 1. The second-order valence-electron chi connectivity index (χ2n) is 8.49. The van der Waals surface area contributed by atoms with Gasteiger partial charge in [-0.05, 0) is 46.2 Å². The molecule has 1 atom stereocenters. The number of aryl methyl sites for hydroxylation is 4. The summed E-state index contributed by atoms with van der Waals surface area (Å²) in [4.78, 5) is 8.42. The van der Waals surface area contributed by atoms with Gasteiger partial charge in [0.2, 0.25) is 0 Å². The molecule has 9 heteroatoms. The molecule has 0 bridgehead atoms. The third kappa shape index (κ3) is 3.26. The molecule has 0 aliphatic carbocycles. The molecule has 1 unspecified atom stereocenters. The van der Waals surface area contributed by atoms with E-state index < -0.39 is 0 Å². The van der Waals surface area contributed by atoms with Crippen molar-refractivity contribution in [2.45, 2.75) is 47.2 Å². The molecule has 1 aliphatic heterocycles. The minimum absolute atomic E-state index is 0.0869. The highest BCUT2D eigenvalue weighted by atomic mass is 16.5. The zero-order chi connectivity index (χ0) is 23.4. The van der Waals surface area contributed by atoms with Crippen molar-refractivity contribution >= 4 is 28.4 Å². The second-order valence-corrected chi connectivity index (χ2v) is 8.49. The van der Waals surface area contributed by atoms with E-state index in [2.05, 4.69) is 45.8 Å². The van der Waals surface area contributed by atoms with Gasteiger partial charge in [-0.3, -0.25) is 4.68 Å². The standard InChI is InChI=1S/C24H29N7O2/c1-8-17-11(2)24(31(6)29-17)28-23-21-15-10-19(32-7)16(20-12(3)30-33-13(20)4)9-18(15)27-22(21)25-14(5)26-23/h9-10,14,25,27H,8H2,1-7H3,(H,26,28). The fourth-order valence-corrected chi connectivity index (χ4v) is 4.71. The molecule has 3 N–H and O–H groups in total. The lowest BCUT2D eigenvalue weighted by atomic mass is 10.00. The Morgan fingerprint density at radius 2 is 2.00 bits per heavy atom. The zero-order valence-electron chi connectivity index (χ0n) is 20.0. The zero-order valence-corrected chi connectivity index (χ0v) is 20.0. The van der Waals surface area contributed by atoms with Gasteiger partial charge in [-0.1, -0.05) is 12.1 Å². The number of fused-ring (bicyclic) bond motifs is 3. The van der Waals surface area contributed by atoms with Crippen LogP contribution in [0.4, 0.5) is 11.6 Å². The third-order valence-electron chi connectivity index (χ3n) is 6.29. The van der Waals surface area contributed by atoms with Gasteiger partial charge in [0.15, 0.2) is 0 Å². The van der Waals surface area contributed by atoms with Gasteiger partial charge in [0.25, 0.3) is 0 Å². The molecule has 0 fully saturated rings. The fraction of sp³-hybridized carbons (Fsp3) is 0.375. The molecule has 33 heavy (non-hydrogen) atoms. The summed E-state index contributed by atoms with van der Waals surface area (Å²) < 4.78 is 13.1. The van der Waals surface area contributed by atoms with E-state index in [-0.39, 0.29) is 6.17 Å². The predicted molar refractivity (Wildman–Crippen MR) is 130 cm³/mol. The summed E-state index contributed by atoms with van der Waals surface area (Å²) in [5, 5.41) is 16.8. The average Bonchev–Trinajstić information content (AvgIpc) is 3.40. The molecule has 1 aromatic carbocycles. The van der Waals surface area contributed by atoms with Crippen LogP contribution in [0.15, 0.2) is 21.6 Å². The number of amidine groups is 1. The molecule has 9 nitrogen and oxygen atoms in total. The van der Waals surface area contributed by atoms with Gasteiger partial charge in [0, 0.05) is 29.1 Å². The number of hydrogen-bond donors (Lipinski definition) is 3. The SMILES string of the molecule is CCc1nn(C)c(NC2=NC(C)Nc3[nH]c4cc(-c5c(C)noc5C)c(OC)cc4c32)c1C. The van der Waals surface area contributed by atoms with Gasteiger partial charge in [-0.2, -0.15) is 5.10 Å². The molecule has 1 aliphatic rings. The summed E-state index contributed by atoms with van der Waals surface area (Å²) in [5.41, 5.74) is 6.88. The molecule has 0 saturated carbocycles. The summed E-state index contributed by atoms with van der Waals surface area (Å²) in [6.45, 7) is 10.1. The van der Waals surface area contributed by atoms with Gasteiger partial charge in [-0.15, -0.1) is 0 Å². The van der Waals surface area contributed by atoms with Crippen molar-refractivity contribution in [3.05, 3.63) is 40.4 Å². The van der Waals surface area contributed by atoms with E-state index in [0.29, 0.717) is 0 Å². The smallest absolute Gasteiger partial charge is 0.141 e. The van der Waals surface area contributed by atoms with Crippen molar-refractivity contribution < 1.29 is 9.26 Å². The fourth-order valence-electron chi connectivity index (χ4n) is 4.71. The molecule has 0 radical (unpaired) electrons. The molecule has 4 aromatic rings. The van der Waals surface area contributed by atoms with Crippen molar-refractivity contribution in [3.63, 3.8) is 0 Å². The number of methoxy groups -OCH3 is 1. The minimum atomic E-state index is -0.0869. The van der Waals surface area contributed by atoms with E-state index in [0.717, 1.165) is 79.9 Å². The van der Waals surface area contributed by atoms with Crippen molar-refractivity contribution in [2.75, 3.05) is 17.7 Å². The van der Waals surface area contributed by atoms with E-state index >= 15 is 0 Å². The molecule has 172 valence electrons. The van der Waals surface area contributed by atoms with Crippen LogP contribution in [0.3, 0.4) is 0 Å². The number of rotatable bonds is 4. The lowest BCUT2D eigenvalue weighted by Gasteiger charge is -2.22. The first kappa shape index (κ1) is 21.1. The van der Waals surface area contributed by atoms with Gasteiger partial charge >= 0.3 is 0 Å². The van der Waals surface area contributed by atoms with Crippen molar-refractivity contribution in [3.8, 4) is 16.9 Å². The summed E-state index contributed by atoms with van der Waals surface area (Å²) in [5.74, 6) is 4.17. The Morgan fingerprint density at radius 1 is 1.21 bits per heavy atom. The van der Waals surface area contributed by atoms with E-state index in [4.69, 9.17) is 14.3 Å². The highest BCUT2D eigenvalue weighted by molar-refractivity contribution is 6.20. The van der Waals surface area contributed by atoms with E-state index in [9.17, 15) is 0 Å². The minimum Gasteiger partial charge on any atom is -0.496 e. The van der Waals surface area contributed by atoms with Crippen LogP contribution in [0, 0.1) is 20.8 Å². The first-order valence-electron chi connectivity index (χ1n) is 11.1. The first-order chi connectivity index (χ1) is 15.8. The van der Waals surface area contributed by atoms with Crippen LogP contribution < -0.4 is 15.4 Å². The van der Waals surface area contributed by atoms with Crippen LogP contribution in [-0.4, -0.2) is 39.0 Å². The summed E-state index contributed by atoms with van der Waals surface area (Å²) in [6.07, 6.45) is 0.794. The molecule has 0 saturated heterocycles. The molecule has 4 heterocycles. The topological polar surface area (TPSA) is 105 Å². The summed E-state index contributed by atoms with van der Waals surface area (Å²) in [6, 6.07) is 4.14. The number of anilines is 2. The highest BCUT2D eigenvalue weighted by Gasteiger charge is 2.27. The number of nitrogens with one attached hydrogen (secondary N) is 3. The van der Waals surface area contributed by atoms with Crippen LogP contribution in [0.25, 0.3) is 22.0 Å². The maximum absolute atomic E-state index is 5.80. The molecule has 0 spiro atoms. The number of aliphatic imine (C=N–C) groups is 1. The lowest BCUT2D eigenvalue weighted by molar-refractivity contribution is 0.393. The molecular formula is C24H29N7O2. The van der Waals surface area contributed by atoms with Crippen LogP contribution >= 0.6 is 0 Å². The molecule has 5 rings (SSSR count). The van der Waals surface area contributed by atoms with Crippen LogP contribution in [0.1, 0.15) is 42.1 Å². The Bertz CT molecular complexity index is 1390. The maximum Gasteiger partial charge on any atom is 0.141 e. The van der Waals surface area contributed by atoms with Crippen molar-refractivity contribution in [1.29, 1.82) is 0 Å². The Balaban J connectivity index is 1.67. The highest BCUT2D eigenvalue weighted by Crippen LogP contribution is 2.41. The van der Waals surface area contributed by atoms with Crippen molar-refractivity contribution in [1.82, 2.24) is 19.9 Å². The van der Waals surface area contributed by atoms with E-state index in [1.807, 2.05) is 38.6 Å². The molecule has 3 aromatic heterocycles. The van der Waals surface area contributed by atoms with Gasteiger partial charge < -0.3 is 24.9 Å². The lowest BCUT2D eigenvalue weighted by Crippen LogP contribution is -2.28. The van der Waals surface area contributed by atoms with Crippen LogP contribution in [-0.2, 0) is 13.5 Å². The number of hydrogen-bond acceptors (Lipinski definition) is 7. The van der Waals surface area contributed by atoms with Gasteiger partial charge in [0.1, 0.15) is 35.1 Å². The van der Waals surface area contributed by atoms with E-state index in [1.165, 1.54) is 0 Å². The monoisotopic (exact) mass is 447 g/mol. The summed E-state index contributed by atoms with van der Waals surface area (Å²) in [7, 11) is 3.63. The van der Waals surface area contributed by atoms with Crippen LogP contribution in [0.5, 0.6) is 5.75 Å². The number of ether oxygens (including phenoxy) is 1. The Labute approximate surface area is 192 Å². The summed E-state index contributed by atoms with van der Waals surface area (Å²) >= 11 is 0. The number of aromatic nitrogens is 4. The number of benzene rings is 1. The third-order valence-corrected chi connectivity index (χ3v) is 6.29. The Hall–Kier alpha value is -3.75. The number of aromatic amines is 1. The van der Waals surface area contributed by atoms with Crippen LogP contribution in [0.2, 0.25) is 0 Å². The Kier molecular flexibility index (Phi) is 4.92. The van der Waals surface area contributed by atoms with E-state index in [1.54, 1.807) is 7.11 Å². The molecule has 0 amide bonds. The van der Waals surface area contributed by atoms with Gasteiger partial charge in [-0.25, -0.2) is 4.99 Å². The predicted octanol–water partition coefficient (Wildman–Crippen LogP) is 4.68. The van der Waals surface area contributed by atoms with Gasteiger partial charge in [0.05, 0.1) is 29.6 Å². The number of nitrogens with zero attached hydrogens (tertiary/aromatic N) is 4. The second kappa shape index (κ2) is 7.68. The maximum atomic E-state index is 5.80. The largest absolute Gasteiger partial charge is 0.496 e. The first-order valence-corrected chi connectivity index (χ1v) is 11.1. The average molecular weight is 448 g/mol. The Morgan fingerprint density at radius 3 is 2.64 bits per heavy atom. The normalized spacial score (nSPS) is 15.4. The molecular weight excluding hydrogens is 418 g/mol.